The van der Waals surface area contributed by atoms with E-state index in [-0.39, 0.29) is 18.8 Å². The standard InChI is InChI=1S/C37H39NO8/c1-6-44-36(40)31-22(3)38-28-20-27(24-14-11-15-26(18-24)42-4)33(37(41)45-7-2)35(39)34(28)32(31)25-16-17-29(30(19-25)43-5)46-21-23-12-9-8-10-13-23/h8-19,27,32-33,38H,6-7,20-21H2,1-5H3/t27-,32-,33+/m1/s1. The van der Waals surface area contributed by atoms with Crippen LogP contribution < -0.4 is 19.5 Å². The molecule has 0 fully saturated rings. The average Bonchev–Trinajstić information content (AvgIpc) is 3.07. The molecule has 0 amide bonds. The van der Waals surface area contributed by atoms with Crippen LogP contribution in [-0.2, 0) is 30.5 Å². The first-order valence-electron chi connectivity index (χ1n) is 15.4. The first-order valence-corrected chi connectivity index (χ1v) is 15.4. The van der Waals surface area contributed by atoms with Crippen molar-refractivity contribution in [3.63, 3.8) is 0 Å². The van der Waals surface area contributed by atoms with Gasteiger partial charge in [-0.2, -0.15) is 0 Å². The summed E-state index contributed by atoms with van der Waals surface area (Å²) in [5.74, 6) is -2.50. The first-order chi connectivity index (χ1) is 22.3. The van der Waals surface area contributed by atoms with E-state index in [0.29, 0.717) is 52.8 Å². The zero-order valence-electron chi connectivity index (χ0n) is 26.8. The van der Waals surface area contributed by atoms with Crippen molar-refractivity contribution in [2.45, 2.75) is 45.6 Å². The highest BCUT2D eigenvalue weighted by Gasteiger charge is 2.49. The molecule has 46 heavy (non-hydrogen) atoms. The third-order valence-electron chi connectivity index (χ3n) is 8.34. The number of ether oxygens (including phenoxy) is 5. The van der Waals surface area contributed by atoms with Crippen molar-refractivity contribution < 1.29 is 38.1 Å². The van der Waals surface area contributed by atoms with Crippen LogP contribution in [0, 0.1) is 5.92 Å². The third-order valence-corrected chi connectivity index (χ3v) is 8.34. The van der Waals surface area contributed by atoms with E-state index >= 15 is 0 Å². The fraction of sp³-hybridized carbons (Fsp3) is 0.324. The number of hydrogen-bond acceptors (Lipinski definition) is 9. The number of hydrogen-bond donors (Lipinski definition) is 1. The summed E-state index contributed by atoms with van der Waals surface area (Å²) in [5.41, 5.74) is 4.20. The van der Waals surface area contributed by atoms with E-state index < -0.39 is 35.5 Å². The molecule has 0 bridgehead atoms. The Morgan fingerprint density at radius 2 is 1.61 bits per heavy atom. The number of nitrogens with one attached hydrogen (secondary N) is 1. The highest BCUT2D eigenvalue weighted by molar-refractivity contribution is 6.13. The molecule has 1 aliphatic heterocycles. The summed E-state index contributed by atoms with van der Waals surface area (Å²) in [6.45, 7) is 5.83. The highest BCUT2D eigenvalue weighted by Crippen LogP contribution is 2.49. The Hall–Kier alpha value is -5.05. The van der Waals surface area contributed by atoms with Gasteiger partial charge in [-0.05, 0) is 68.1 Å². The summed E-state index contributed by atoms with van der Waals surface area (Å²) in [5, 5.41) is 3.33. The number of benzene rings is 3. The number of ketones is 1. The summed E-state index contributed by atoms with van der Waals surface area (Å²) < 4.78 is 28.2. The molecule has 0 saturated carbocycles. The van der Waals surface area contributed by atoms with Crippen molar-refractivity contribution in [2.24, 2.45) is 5.92 Å². The number of Topliss-reactive ketones (excluding diaryl/α,β-unsaturated/α-hetero) is 1. The van der Waals surface area contributed by atoms with Gasteiger partial charge >= 0.3 is 11.9 Å². The minimum atomic E-state index is -1.13. The maximum absolute atomic E-state index is 14.7. The van der Waals surface area contributed by atoms with Crippen molar-refractivity contribution in [2.75, 3.05) is 27.4 Å². The highest BCUT2D eigenvalue weighted by atomic mass is 16.5. The number of carbonyl (C=O) groups is 3. The molecule has 1 aliphatic carbocycles. The number of dihydropyridines is 1. The molecule has 9 nitrogen and oxygen atoms in total. The van der Waals surface area contributed by atoms with Gasteiger partial charge in [-0.3, -0.25) is 9.59 Å². The van der Waals surface area contributed by atoms with E-state index in [4.69, 9.17) is 23.7 Å². The molecule has 0 aromatic heterocycles. The Kier molecular flexibility index (Phi) is 10.1. The monoisotopic (exact) mass is 625 g/mol. The lowest BCUT2D eigenvalue weighted by Gasteiger charge is -2.39. The molecule has 0 spiro atoms. The minimum absolute atomic E-state index is 0.121. The molecule has 1 N–H and O–H groups in total. The van der Waals surface area contributed by atoms with Crippen LogP contribution in [0.1, 0.15) is 55.7 Å². The van der Waals surface area contributed by atoms with Crippen molar-refractivity contribution >= 4 is 17.7 Å². The Labute approximate surface area is 269 Å². The lowest BCUT2D eigenvalue weighted by molar-refractivity contribution is -0.152. The van der Waals surface area contributed by atoms with Crippen LogP contribution in [-0.4, -0.2) is 45.2 Å². The van der Waals surface area contributed by atoms with Crippen molar-refractivity contribution in [3.05, 3.63) is 112 Å². The van der Waals surface area contributed by atoms with E-state index in [1.54, 1.807) is 40.0 Å². The van der Waals surface area contributed by atoms with Crippen LogP contribution in [0.2, 0.25) is 0 Å². The number of esters is 2. The molecule has 3 atom stereocenters. The second-order valence-electron chi connectivity index (χ2n) is 11.1. The van der Waals surface area contributed by atoms with E-state index in [1.165, 1.54) is 7.11 Å². The predicted octanol–water partition coefficient (Wildman–Crippen LogP) is 6.00. The summed E-state index contributed by atoms with van der Waals surface area (Å²) >= 11 is 0. The van der Waals surface area contributed by atoms with Gasteiger partial charge in [0.25, 0.3) is 0 Å². The number of methoxy groups -OCH3 is 2. The summed E-state index contributed by atoms with van der Waals surface area (Å²) in [7, 11) is 3.11. The second-order valence-corrected chi connectivity index (χ2v) is 11.1. The Morgan fingerprint density at radius 3 is 2.30 bits per heavy atom. The topological polar surface area (TPSA) is 109 Å². The van der Waals surface area contributed by atoms with E-state index in [2.05, 4.69) is 5.32 Å². The molecule has 2 aliphatic rings. The van der Waals surface area contributed by atoms with Crippen LogP contribution >= 0.6 is 0 Å². The first kappa shape index (κ1) is 32.3. The molecular formula is C37H39NO8. The van der Waals surface area contributed by atoms with Crippen molar-refractivity contribution in [1.29, 1.82) is 0 Å². The van der Waals surface area contributed by atoms with Gasteiger partial charge in [0.05, 0.1) is 33.0 Å². The van der Waals surface area contributed by atoms with E-state index in [0.717, 1.165) is 11.1 Å². The van der Waals surface area contributed by atoms with Crippen LogP contribution in [0.15, 0.2) is 95.3 Å². The third kappa shape index (κ3) is 6.49. The lowest BCUT2D eigenvalue weighted by atomic mass is 9.67. The number of allylic oxidation sites excluding steroid dienone is 3. The van der Waals surface area contributed by atoms with Crippen molar-refractivity contribution in [1.82, 2.24) is 5.32 Å². The molecule has 240 valence electrons. The Bertz CT molecular complexity index is 1680. The molecule has 0 saturated heterocycles. The van der Waals surface area contributed by atoms with Crippen LogP contribution in [0.5, 0.6) is 17.2 Å². The molecule has 9 heteroatoms. The summed E-state index contributed by atoms with van der Waals surface area (Å²) in [6, 6.07) is 22.5. The fourth-order valence-electron chi connectivity index (χ4n) is 6.25. The van der Waals surface area contributed by atoms with Gasteiger partial charge in [0.1, 0.15) is 18.3 Å². The maximum atomic E-state index is 14.7. The summed E-state index contributed by atoms with van der Waals surface area (Å²) in [6.07, 6.45) is 0.330. The maximum Gasteiger partial charge on any atom is 0.336 e. The molecule has 5 rings (SSSR count). The fourth-order valence-corrected chi connectivity index (χ4v) is 6.25. The lowest BCUT2D eigenvalue weighted by Crippen LogP contribution is -2.43. The zero-order chi connectivity index (χ0) is 32.8. The number of rotatable bonds is 11. The predicted molar refractivity (Wildman–Crippen MR) is 171 cm³/mol. The smallest absolute Gasteiger partial charge is 0.336 e. The van der Waals surface area contributed by atoms with Gasteiger partial charge in [-0.15, -0.1) is 0 Å². The molecule has 0 unspecified atom stereocenters. The summed E-state index contributed by atoms with van der Waals surface area (Å²) in [4.78, 5) is 41.7. The molecule has 3 aromatic carbocycles. The van der Waals surface area contributed by atoms with Gasteiger partial charge in [0.2, 0.25) is 0 Å². The van der Waals surface area contributed by atoms with Gasteiger partial charge < -0.3 is 29.0 Å². The molecule has 0 radical (unpaired) electrons. The second kappa shape index (κ2) is 14.4. The van der Waals surface area contributed by atoms with Crippen LogP contribution in [0.4, 0.5) is 0 Å². The normalized spacial score (nSPS) is 19.2. The van der Waals surface area contributed by atoms with Gasteiger partial charge in [-0.1, -0.05) is 48.5 Å². The van der Waals surface area contributed by atoms with Crippen LogP contribution in [0.25, 0.3) is 0 Å². The average molecular weight is 626 g/mol. The molecular weight excluding hydrogens is 586 g/mol. The quantitative estimate of drug-likeness (QED) is 0.203. The Balaban J connectivity index is 1.62. The van der Waals surface area contributed by atoms with Gasteiger partial charge in [0.15, 0.2) is 17.3 Å². The SMILES string of the molecule is CCOC(=O)C1=C(C)NC2=C(C(=O)[C@@H](C(=O)OCC)[C@@H](c3cccc(OC)c3)C2)[C@@H]1c1ccc(OCc2ccccc2)c(OC)c1. The number of carbonyl (C=O) groups excluding carboxylic acids is 3. The van der Waals surface area contributed by atoms with Crippen molar-refractivity contribution in [3.8, 4) is 17.2 Å². The van der Waals surface area contributed by atoms with E-state index in [1.807, 2.05) is 60.7 Å². The zero-order valence-corrected chi connectivity index (χ0v) is 26.8. The molecule has 1 heterocycles. The molecule has 3 aromatic rings. The minimum Gasteiger partial charge on any atom is -0.497 e. The van der Waals surface area contributed by atoms with Gasteiger partial charge in [0, 0.05) is 28.8 Å². The Morgan fingerprint density at radius 1 is 0.848 bits per heavy atom. The van der Waals surface area contributed by atoms with Crippen LogP contribution in [0.3, 0.4) is 0 Å². The van der Waals surface area contributed by atoms with Gasteiger partial charge in [-0.25, -0.2) is 4.79 Å². The largest absolute Gasteiger partial charge is 0.497 e. The van der Waals surface area contributed by atoms with E-state index in [9.17, 15) is 14.4 Å².